The number of hydrogen-bond donors (Lipinski definition) is 3. The topological polar surface area (TPSA) is 151 Å². The van der Waals surface area contributed by atoms with Gasteiger partial charge in [0.05, 0.1) is 31.8 Å². The third-order valence-electron chi connectivity index (χ3n) is 9.67. The first-order valence-electron chi connectivity index (χ1n) is 19.5. The zero-order valence-corrected chi connectivity index (χ0v) is 34.4. The van der Waals surface area contributed by atoms with Crippen LogP contribution in [0.2, 0.25) is 0 Å². The van der Waals surface area contributed by atoms with Gasteiger partial charge < -0.3 is 38.1 Å². The third-order valence-corrected chi connectivity index (χ3v) is 10.1. The number of fused-ring (bicyclic) bond motifs is 2. The van der Waals surface area contributed by atoms with Crippen molar-refractivity contribution in [2.24, 2.45) is 0 Å². The average Bonchev–Trinajstić information content (AvgIpc) is 3.17. The van der Waals surface area contributed by atoms with Crippen molar-refractivity contribution in [3.63, 3.8) is 0 Å². The Balaban J connectivity index is 1.38. The summed E-state index contributed by atoms with van der Waals surface area (Å²) in [5.74, 6) is 1.33. The van der Waals surface area contributed by atoms with Crippen molar-refractivity contribution >= 4 is 38.9 Å². The number of nitrogens with one attached hydrogen (secondary N) is 1. The Morgan fingerprint density at radius 1 is 0.754 bits per heavy atom. The number of rotatable bonds is 21. The van der Waals surface area contributed by atoms with Gasteiger partial charge in [0.2, 0.25) is 5.43 Å². The fraction of sp³-hybridized carbons (Fsp3) is 0.370. The number of phenols is 1. The van der Waals surface area contributed by atoms with Crippen LogP contribution in [0.15, 0.2) is 93.2 Å². The summed E-state index contributed by atoms with van der Waals surface area (Å²) in [5.41, 5.74) is 6.83. The Morgan fingerprint density at radius 3 is 1.91 bits per heavy atom. The Kier molecular flexibility index (Phi) is 15.8. The number of benzene rings is 4. The molecule has 10 nitrogen and oxygen atoms in total. The lowest BCUT2D eigenvalue weighted by molar-refractivity contribution is 0.249. The van der Waals surface area contributed by atoms with Gasteiger partial charge in [-0.3, -0.25) is 9.00 Å². The molecule has 0 aliphatic rings. The number of aromatic hydroxyl groups is 1. The van der Waals surface area contributed by atoms with E-state index in [0.717, 1.165) is 36.8 Å². The van der Waals surface area contributed by atoms with Crippen molar-refractivity contribution in [1.29, 1.82) is 0 Å². The first-order chi connectivity index (χ1) is 27.4. The van der Waals surface area contributed by atoms with E-state index in [1.165, 1.54) is 11.1 Å². The van der Waals surface area contributed by atoms with Gasteiger partial charge in [-0.15, -0.1) is 0 Å². The second-order valence-electron chi connectivity index (χ2n) is 14.8. The van der Waals surface area contributed by atoms with Crippen LogP contribution < -0.4 is 24.4 Å². The van der Waals surface area contributed by atoms with E-state index in [-0.39, 0.29) is 34.3 Å². The molecule has 1 heterocycles. The van der Waals surface area contributed by atoms with Crippen LogP contribution in [-0.2, 0) is 37.1 Å². The zero-order chi connectivity index (χ0) is 40.9. The second-order valence-corrected chi connectivity index (χ2v) is 15.4. The first-order valence-corrected chi connectivity index (χ1v) is 20.6. The maximum absolute atomic E-state index is 14.5. The molecule has 0 saturated heterocycles. The SMILES string of the molecule is CC(C)=CCc1c(OCCCCCc2ccc(C)cc2)cc2oc3cc(OCCCCOc4ccc(NS(=O)[O-])cc4)c(CO)c(CC=C(C)C)c3c(=O)c2c1O. The second kappa shape index (κ2) is 20.9. The van der Waals surface area contributed by atoms with Gasteiger partial charge in [0.25, 0.3) is 0 Å². The summed E-state index contributed by atoms with van der Waals surface area (Å²) in [5, 5.41) is 22.8. The normalized spacial score (nSPS) is 11.7. The van der Waals surface area contributed by atoms with Crippen LogP contribution in [0.4, 0.5) is 5.69 Å². The van der Waals surface area contributed by atoms with Gasteiger partial charge in [0.15, 0.2) is 0 Å². The zero-order valence-electron chi connectivity index (χ0n) is 33.6. The largest absolute Gasteiger partial charge is 0.755 e. The Labute approximate surface area is 337 Å². The molecule has 0 aliphatic carbocycles. The van der Waals surface area contributed by atoms with Crippen LogP contribution in [0.25, 0.3) is 21.9 Å². The molecule has 5 aromatic rings. The van der Waals surface area contributed by atoms with Crippen LogP contribution >= 0.6 is 0 Å². The summed E-state index contributed by atoms with van der Waals surface area (Å²) >= 11 is -2.40. The van der Waals surface area contributed by atoms with E-state index in [9.17, 15) is 23.8 Å². The predicted molar refractivity (Wildman–Crippen MR) is 227 cm³/mol. The number of aliphatic hydroxyl groups is 1. The first kappa shape index (κ1) is 43.0. The number of phenolic OH excluding ortho intramolecular Hbond substituents is 1. The molecule has 0 amide bonds. The maximum Gasteiger partial charge on any atom is 0.204 e. The molecule has 57 heavy (non-hydrogen) atoms. The molecule has 0 radical (unpaired) electrons. The molecular formula is C46H54NO9S-. The van der Waals surface area contributed by atoms with Gasteiger partial charge in [-0.1, -0.05) is 53.1 Å². The summed E-state index contributed by atoms with van der Waals surface area (Å²) in [4.78, 5) is 14.5. The Hall–Kier alpha value is -5.10. The number of aryl methyl sites for hydroxylation is 2. The van der Waals surface area contributed by atoms with Crippen molar-refractivity contribution in [2.45, 2.75) is 92.6 Å². The Morgan fingerprint density at radius 2 is 1.32 bits per heavy atom. The lowest BCUT2D eigenvalue weighted by atomic mass is 9.95. The minimum atomic E-state index is -2.40. The van der Waals surface area contributed by atoms with Crippen LogP contribution in [0.5, 0.6) is 23.0 Å². The van der Waals surface area contributed by atoms with E-state index in [2.05, 4.69) is 35.9 Å². The molecule has 304 valence electrons. The summed E-state index contributed by atoms with van der Waals surface area (Å²) in [6.07, 6.45) is 9.86. The van der Waals surface area contributed by atoms with E-state index in [4.69, 9.17) is 18.6 Å². The summed E-state index contributed by atoms with van der Waals surface area (Å²) in [6.45, 7) is 10.8. The van der Waals surface area contributed by atoms with Crippen molar-refractivity contribution in [2.75, 3.05) is 24.5 Å². The minimum Gasteiger partial charge on any atom is -0.755 e. The van der Waals surface area contributed by atoms with E-state index >= 15 is 0 Å². The molecule has 3 N–H and O–H groups in total. The van der Waals surface area contributed by atoms with E-state index in [1.54, 1.807) is 36.4 Å². The number of anilines is 1. The molecule has 0 spiro atoms. The molecule has 4 aromatic carbocycles. The molecule has 1 atom stereocenters. The number of unbranched alkanes of at least 4 members (excludes halogenated alkanes) is 3. The smallest absolute Gasteiger partial charge is 0.204 e. The van der Waals surface area contributed by atoms with Gasteiger partial charge >= 0.3 is 0 Å². The maximum atomic E-state index is 14.5. The molecule has 0 aliphatic heterocycles. The molecule has 1 unspecified atom stereocenters. The molecular weight excluding hydrogens is 743 g/mol. The molecule has 0 saturated carbocycles. The highest BCUT2D eigenvalue weighted by Crippen LogP contribution is 2.39. The van der Waals surface area contributed by atoms with E-state index in [0.29, 0.717) is 90.5 Å². The lowest BCUT2D eigenvalue weighted by Crippen LogP contribution is -2.11. The average molecular weight is 797 g/mol. The molecule has 0 bridgehead atoms. The van der Waals surface area contributed by atoms with Gasteiger partial charge in [0, 0.05) is 40.2 Å². The fourth-order valence-electron chi connectivity index (χ4n) is 6.56. The van der Waals surface area contributed by atoms with Gasteiger partial charge in [-0.25, -0.2) is 0 Å². The number of ether oxygens (including phenoxy) is 3. The molecule has 5 rings (SSSR count). The summed E-state index contributed by atoms with van der Waals surface area (Å²) in [7, 11) is 0. The highest BCUT2D eigenvalue weighted by Gasteiger charge is 2.24. The summed E-state index contributed by atoms with van der Waals surface area (Å²) < 4.78 is 48.8. The van der Waals surface area contributed by atoms with Crippen LogP contribution in [0.3, 0.4) is 0 Å². The minimum absolute atomic E-state index is 0.0763. The molecule has 1 aromatic heterocycles. The number of aliphatic hydroxyl groups excluding tert-OH is 1. The standard InChI is InChI=1S/C46H55NO9S/c1-30(2)12-22-36-38(29-48)40(55-26-10-9-24-53-35-20-18-34(19-21-35)47-57(51)52)28-41-43(36)46(50)44-42(56-41)27-39(37(45(44)49)23-13-31(3)4)54-25-8-6-7-11-33-16-14-32(5)15-17-33/h12-21,27-28,47-49H,6-11,22-26,29H2,1-5H3,(H,51,52)/p-1. The summed E-state index contributed by atoms with van der Waals surface area (Å²) in [6, 6.07) is 18.6. The predicted octanol–water partition coefficient (Wildman–Crippen LogP) is 9.71. The molecule has 0 fully saturated rings. The van der Waals surface area contributed by atoms with E-state index < -0.39 is 11.3 Å². The number of hydrogen-bond acceptors (Lipinski definition) is 9. The monoisotopic (exact) mass is 796 g/mol. The fourth-order valence-corrected chi connectivity index (χ4v) is 6.89. The Bertz CT molecular complexity index is 2270. The van der Waals surface area contributed by atoms with Crippen molar-refractivity contribution in [1.82, 2.24) is 0 Å². The van der Waals surface area contributed by atoms with Gasteiger partial charge in [0.1, 0.15) is 39.6 Å². The van der Waals surface area contributed by atoms with Crippen molar-refractivity contribution in [3.05, 3.63) is 122 Å². The molecule has 11 heteroatoms. The highest BCUT2D eigenvalue weighted by molar-refractivity contribution is 7.80. The highest BCUT2D eigenvalue weighted by atomic mass is 32.2. The quantitative estimate of drug-likeness (QED) is 0.0285. The van der Waals surface area contributed by atoms with Gasteiger partial charge in [-0.2, -0.15) is 0 Å². The van der Waals surface area contributed by atoms with Crippen LogP contribution in [0.1, 0.15) is 87.6 Å². The third kappa shape index (κ3) is 12.0. The van der Waals surface area contributed by atoms with Crippen molar-refractivity contribution in [3.8, 4) is 23.0 Å². The van der Waals surface area contributed by atoms with Crippen LogP contribution in [0, 0.1) is 6.92 Å². The lowest BCUT2D eigenvalue weighted by Gasteiger charge is -2.18. The van der Waals surface area contributed by atoms with E-state index in [1.807, 2.05) is 39.8 Å². The number of allylic oxidation sites excluding steroid dienone is 4. The van der Waals surface area contributed by atoms with Gasteiger partial charge in [-0.05, 0) is 121 Å². The van der Waals surface area contributed by atoms with Crippen molar-refractivity contribution < 1.29 is 37.6 Å². The van der Waals surface area contributed by atoms with Crippen LogP contribution in [-0.4, -0.2) is 38.8 Å².